The van der Waals surface area contributed by atoms with Crippen LogP contribution in [0.25, 0.3) is 22.3 Å². The molecule has 25 heteroatoms. The largest absolute Gasteiger partial charge is 0.472 e. The normalized spacial score (nSPS) is 26.3. The number of aromatic nitrogens is 8. The molecule has 0 bridgehead atoms. The summed E-state index contributed by atoms with van der Waals surface area (Å²) in [7, 11) is -9.94. The zero-order chi connectivity index (χ0) is 36.8. The molecule has 52 heavy (non-hydrogen) atoms. The number of imidazole rings is 2. The molecular formula is C27H31FN11O11PS. The van der Waals surface area contributed by atoms with Crippen molar-refractivity contribution in [1.29, 1.82) is 0 Å². The number of fused-ring (bicyclic) bond motifs is 2. The number of H-pyrrole nitrogens is 1. The van der Waals surface area contributed by atoms with E-state index in [0.29, 0.717) is 0 Å². The van der Waals surface area contributed by atoms with Crippen LogP contribution in [0.5, 0.6) is 0 Å². The number of nitrogen functional groups attached to an aromatic ring is 2. The molecule has 6 heterocycles. The molecule has 5 aromatic rings. The van der Waals surface area contributed by atoms with E-state index in [1.54, 1.807) is 4.72 Å². The molecule has 7 rings (SSSR count). The fourth-order valence-electron chi connectivity index (χ4n) is 5.94. The van der Waals surface area contributed by atoms with Crippen LogP contribution in [-0.2, 0) is 44.7 Å². The lowest BCUT2D eigenvalue weighted by molar-refractivity contribution is -0.0739. The van der Waals surface area contributed by atoms with Crippen LogP contribution >= 0.6 is 7.82 Å². The average Bonchev–Trinajstić information content (AvgIpc) is 3.87. The van der Waals surface area contributed by atoms with Gasteiger partial charge in [-0.1, -0.05) is 30.3 Å². The third kappa shape index (κ3) is 7.52. The summed E-state index contributed by atoms with van der Waals surface area (Å²) in [5.41, 5.74) is 12.1. The van der Waals surface area contributed by atoms with E-state index in [2.05, 4.69) is 29.9 Å². The van der Waals surface area contributed by atoms with Gasteiger partial charge < -0.3 is 30.6 Å². The molecule has 1 aromatic carbocycles. The van der Waals surface area contributed by atoms with E-state index in [1.165, 1.54) is 10.9 Å². The number of phosphoric acid groups is 1. The molecule has 2 aliphatic heterocycles. The Morgan fingerprint density at radius 2 is 1.79 bits per heavy atom. The van der Waals surface area contributed by atoms with E-state index in [0.717, 1.165) is 22.8 Å². The number of alkyl halides is 1. The minimum atomic E-state index is -5.15. The van der Waals surface area contributed by atoms with Crippen LogP contribution in [-0.4, -0.2) is 101 Å². The van der Waals surface area contributed by atoms with Crippen molar-refractivity contribution < 1.29 is 50.1 Å². The molecule has 1 unspecified atom stereocenters. The standard InChI is InChI=1S/C27H31FN11O11PS/c28-17-20(16(7-35-52(43,44)45)49-26(17)38-11-33-18-21(29)31-10-32-22(18)38)50-51(41,42)47-9-14-6-15(46-8-13-4-2-1-3-5-13)25(48-14)39-12-34-19-23(39)36-27(30)37-24(19)40/h1-5,10-12,14-17,20,25-26,35H,6-9H2,(H,41,42)(H2,29,31,32)(H,43,44,45)(H3,30,36,37,40)/t14-,15+,16+,17+,20+,25+,26+/m0/s1. The van der Waals surface area contributed by atoms with Crippen LogP contribution in [0.4, 0.5) is 16.2 Å². The Bertz CT molecular complexity index is 2300. The third-order valence-electron chi connectivity index (χ3n) is 8.25. The summed E-state index contributed by atoms with van der Waals surface area (Å²) >= 11 is 0. The first kappa shape index (κ1) is 35.9. The number of nitrogens with one attached hydrogen (secondary N) is 2. The van der Waals surface area contributed by atoms with Crippen LogP contribution in [0.2, 0.25) is 0 Å². The number of rotatable bonds is 13. The topological polar surface area (TPSA) is 309 Å². The zero-order valence-electron chi connectivity index (χ0n) is 26.6. The van der Waals surface area contributed by atoms with Gasteiger partial charge in [0.2, 0.25) is 5.95 Å². The lowest BCUT2D eigenvalue weighted by Gasteiger charge is -2.23. The summed E-state index contributed by atoms with van der Waals surface area (Å²) in [6.07, 6.45) is -6.22. The van der Waals surface area contributed by atoms with Gasteiger partial charge in [-0.2, -0.15) is 18.1 Å². The van der Waals surface area contributed by atoms with Crippen molar-refractivity contribution in [3.8, 4) is 0 Å². The quantitative estimate of drug-likeness (QED) is 0.0685. The molecule has 2 fully saturated rings. The first-order chi connectivity index (χ1) is 24.8. The Morgan fingerprint density at radius 1 is 1.06 bits per heavy atom. The number of phosphoric ester groups is 1. The summed E-state index contributed by atoms with van der Waals surface area (Å²) in [5.74, 6) is -0.174. The molecule has 2 aliphatic rings. The fourth-order valence-corrected chi connectivity index (χ4v) is 7.29. The molecule has 0 amide bonds. The van der Waals surface area contributed by atoms with Gasteiger partial charge in [0.05, 0.1) is 32.0 Å². The maximum atomic E-state index is 16.1. The Labute approximate surface area is 291 Å². The first-order valence-electron chi connectivity index (χ1n) is 15.4. The van der Waals surface area contributed by atoms with Gasteiger partial charge in [0.1, 0.15) is 30.2 Å². The van der Waals surface area contributed by atoms with Crippen LogP contribution in [0.15, 0.2) is 54.1 Å². The predicted octanol–water partition coefficient (Wildman–Crippen LogP) is 0.127. The SMILES string of the molecule is Nc1nc2c(ncn2[C@@H]2O[C@H](COP(=O)(O)O[C@H]3[C@@H](F)[C@H](n4cnc5c(N)ncnc54)O[C@@H]3CNS(=O)(=O)O)C[C@H]2OCc2ccccc2)c(=O)[nH]1. The average molecular weight is 768 g/mol. The number of benzene rings is 1. The van der Waals surface area contributed by atoms with E-state index in [1.807, 2.05) is 30.3 Å². The fraction of sp³-hybridized carbons (Fsp3) is 0.407. The molecule has 8 N–H and O–H groups in total. The van der Waals surface area contributed by atoms with E-state index >= 15 is 4.39 Å². The molecule has 0 spiro atoms. The van der Waals surface area contributed by atoms with Gasteiger partial charge >= 0.3 is 18.1 Å². The van der Waals surface area contributed by atoms with E-state index in [-0.39, 0.29) is 47.1 Å². The first-order valence-corrected chi connectivity index (χ1v) is 18.3. The molecule has 0 radical (unpaired) electrons. The van der Waals surface area contributed by atoms with E-state index < -0.39 is 79.9 Å². The van der Waals surface area contributed by atoms with E-state index in [9.17, 15) is 27.2 Å². The summed E-state index contributed by atoms with van der Waals surface area (Å²) in [6, 6.07) is 9.23. The highest BCUT2D eigenvalue weighted by molar-refractivity contribution is 7.83. The van der Waals surface area contributed by atoms with Crippen molar-refractivity contribution in [3.63, 3.8) is 0 Å². The van der Waals surface area contributed by atoms with Crippen LogP contribution in [0.3, 0.4) is 0 Å². The number of aromatic amines is 1. The van der Waals surface area contributed by atoms with Gasteiger partial charge in [-0.3, -0.25) is 32.5 Å². The van der Waals surface area contributed by atoms with Gasteiger partial charge in [-0.15, -0.1) is 0 Å². The second kappa shape index (κ2) is 14.1. The van der Waals surface area contributed by atoms with Gasteiger partial charge in [0.25, 0.3) is 5.56 Å². The predicted molar refractivity (Wildman–Crippen MR) is 175 cm³/mol. The zero-order valence-corrected chi connectivity index (χ0v) is 28.3. The number of hydrogen-bond acceptors (Lipinski definition) is 16. The van der Waals surface area contributed by atoms with Crippen LogP contribution in [0.1, 0.15) is 24.4 Å². The molecule has 22 nitrogen and oxygen atoms in total. The highest BCUT2D eigenvalue weighted by Gasteiger charge is 2.51. The lowest BCUT2D eigenvalue weighted by atomic mass is 10.1. The van der Waals surface area contributed by atoms with Crippen molar-refractivity contribution >= 4 is 52.2 Å². The van der Waals surface area contributed by atoms with Gasteiger partial charge in [-0.25, -0.2) is 28.9 Å². The van der Waals surface area contributed by atoms with Gasteiger partial charge in [0, 0.05) is 13.0 Å². The molecule has 4 aromatic heterocycles. The van der Waals surface area contributed by atoms with E-state index in [4.69, 9.17) is 34.7 Å². The number of nitrogens with two attached hydrogens (primary N) is 2. The molecule has 8 atom stereocenters. The maximum Gasteiger partial charge on any atom is 0.472 e. The van der Waals surface area contributed by atoms with Crippen LogP contribution < -0.4 is 21.7 Å². The molecule has 0 saturated carbocycles. The monoisotopic (exact) mass is 767 g/mol. The maximum absolute atomic E-state index is 16.1. The summed E-state index contributed by atoms with van der Waals surface area (Å²) in [4.78, 5) is 45.8. The Kier molecular flexibility index (Phi) is 9.77. The molecule has 0 aliphatic carbocycles. The highest BCUT2D eigenvalue weighted by Crippen LogP contribution is 2.50. The number of ether oxygens (including phenoxy) is 3. The molecule has 278 valence electrons. The van der Waals surface area contributed by atoms with Gasteiger partial charge in [0.15, 0.2) is 41.3 Å². The highest BCUT2D eigenvalue weighted by atomic mass is 32.2. The number of anilines is 2. The number of hydrogen-bond donors (Lipinski definition) is 6. The summed E-state index contributed by atoms with van der Waals surface area (Å²) in [6.45, 7) is -1.17. The third-order valence-corrected chi connectivity index (χ3v) is 9.77. The summed E-state index contributed by atoms with van der Waals surface area (Å²) < 4.78 is 94.3. The smallest absolute Gasteiger partial charge is 0.382 e. The van der Waals surface area contributed by atoms with Crippen molar-refractivity contribution in [2.24, 2.45) is 0 Å². The Morgan fingerprint density at radius 3 is 2.54 bits per heavy atom. The molecule has 2 saturated heterocycles. The lowest BCUT2D eigenvalue weighted by Crippen LogP contribution is -2.40. The van der Waals surface area contributed by atoms with Crippen molar-refractivity contribution in [1.82, 2.24) is 43.8 Å². The minimum absolute atomic E-state index is 0.0110. The Hall–Kier alpha value is -4.49. The number of halogens is 1. The van der Waals surface area contributed by atoms with Crippen molar-refractivity contribution in [2.45, 2.75) is 56.1 Å². The Balaban J connectivity index is 1.08. The van der Waals surface area contributed by atoms with Crippen molar-refractivity contribution in [2.75, 3.05) is 24.6 Å². The molecular weight excluding hydrogens is 736 g/mol. The van der Waals surface area contributed by atoms with Crippen molar-refractivity contribution in [3.05, 3.63) is 65.2 Å². The van der Waals surface area contributed by atoms with Crippen LogP contribution in [0, 0.1) is 0 Å². The number of nitrogens with zero attached hydrogens (tertiary/aromatic N) is 7. The second-order valence-corrected chi connectivity index (χ2v) is 14.4. The second-order valence-electron chi connectivity index (χ2n) is 11.7. The summed E-state index contributed by atoms with van der Waals surface area (Å²) in [5, 5.41) is 0. The van der Waals surface area contributed by atoms with Gasteiger partial charge in [-0.05, 0) is 5.56 Å². The minimum Gasteiger partial charge on any atom is -0.382 e.